The predicted molar refractivity (Wildman–Crippen MR) is 63.0 cm³/mol. The predicted octanol–water partition coefficient (Wildman–Crippen LogP) is 1.31. The minimum atomic E-state index is 0.627. The highest BCUT2D eigenvalue weighted by atomic mass is 15.2. The van der Waals surface area contributed by atoms with Gasteiger partial charge in [-0.2, -0.15) is 5.10 Å². The standard InChI is InChI=1S/C11H20N4/c1-9(2)8-10-4-5-11(15-14-10)13-7-6-12-3/h4-5,9,12H,6-8H2,1-3H3,(H,13,15). The van der Waals surface area contributed by atoms with Gasteiger partial charge < -0.3 is 10.6 Å². The average molecular weight is 208 g/mol. The Bertz CT molecular complexity index is 268. The molecule has 2 N–H and O–H groups in total. The number of aromatic nitrogens is 2. The average Bonchev–Trinajstić information content (AvgIpc) is 2.20. The maximum Gasteiger partial charge on any atom is 0.148 e. The Morgan fingerprint density at radius 1 is 1.20 bits per heavy atom. The molecule has 0 saturated carbocycles. The maximum atomic E-state index is 4.16. The number of nitrogens with zero attached hydrogens (tertiary/aromatic N) is 2. The van der Waals surface area contributed by atoms with Crippen LogP contribution in [0.25, 0.3) is 0 Å². The Hall–Kier alpha value is -1.16. The molecule has 1 aromatic rings. The fraction of sp³-hybridized carbons (Fsp3) is 0.636. The lowest BCUT2D eigenvalue weighted by molar-refractivity contribution is 0.628. The fourth-order valence-corrected chi connectivity index (χ4v) is 1.30. The van der Waals surface area contributed by atoms with E-state index in [0.717, 1.165) is 31.0 Å². The lowest BCUT2D eigenvalue weighted by Crippen LogP contribution is -2.18. The summed E-state index contributed by atoms with van der Waals surface area (Å²) in [5, 5.41) is 14.5. The van der Waals surface area contributed by atoms with Gasteiger partial charge in [-0.15, -0.1) is 5.10 Å². The molecule has 4 nitrogen and oxygen atoms in total. The molecule has 0 atom stereocenters. The molecule has 0 spiro atoms. The van der Waals surface area contributed by atoms with E-state index in [9.17, 15) is 0 Å². The summed E-state index contributed by atoms with van der Waals surface area (Å²) in [5.41, 5.74) is 1.06. The monoisotopic (exact) mass is 208 g/mol. The lowest BCUT2D eigenvalue weighted by Gasteiger charge is -2.06. The minimum Gasteiger partial charge on any atom is -0.367 e. The highest BCUT2D eigenvalue weighted by Gasteiger charge is 2.00. The third-order valence-electron chi connectivity index (χ3n) is 2.02. The lowest BCUT2D eigenvalue weighted by atomic mass is 10.1. The number of hydrogen-bond donors (Lipinski definition) is 2. The van der Waals surface area contributed by atoms with Gasteiger partial charge >= 0.3 is 0 Å². The van der Waals surface area contributed by atoms with Crippen LogP contribution in [0.15, 0.2) is 12.1 Å². The zero-order valence-corrected chi connectivity index (χ0v) is 9.75. The van der Waals surface area contributed by atoms with Crippen molar-refractivity contribution in [2.24, 2.45) is 5.92 Å². The quantitative estimate of drug-likeness (QED) is 0.692. The fourth-order valence-electron chi connectivity index (χ4n) is 1.30. The van der Waals surface area contributed by atoms with Crippen molar-refractivity contribution in [3.8, 4) is 0 Å². The van der Waals surface area contributed by atoms with Crippen molar-refractivity contribution in [3.05, 3.63) is 17.8 Å². The normalized spacial score (nSPS) is 10.7. The van der Waals surface area contributed by atoms with Gasteiger partial charge in [-0.1, -0.05) is 13.8 Å². The van der Waals surface area contributed by atoms with E-state index in [-0.39, 0.29) is 0 Å². The largest absolute Gasteiger partial charge is 0.367 e. The summed E-state index contributed by atoms with van der Waals surface area (Å²) >= 11 is 0. The van der Waals surface area contributed by atoms with E-state index in [2.05, 4.69) is 34.7 Å². The van der Waals surface area contributed by atoms with Crippen molar-refractivity contribution in [2.75, 3.05) is 25.5 Å². The van der Waals surface area contributed by atoms with Crippen LogP contribution >= 0.6 is 0 Å². The molecule has 0 aliphatic rings. The van der Waals surface area contributed by atoms with Crippen molar-refractivity contribution in [1.82, 2.24) is 15.5 Å². The van der Waals surface area contributed by atoms with Gasteiger partial charge in [0.15, 0.2) is 0 Å². The number of hydrogen-bond acceptors (Lipinski definition) is 4. The number of rotatable bonds is 6. The molecule has 84 valence electrons. The Morgan fingerprint density at radius 2 is 2.00 bits per heavy atom. The first-order valence-corrected chi connectivity index (χ1v) is 5.43. The van der Waals surface area contributed by atoms with Gasteiger partial charge in [0.2, 0.25) is 0 Å². The van der Waals surface area contributed by atoms with E-state index in [4.69, 9.17) is 0 Å². The molecule has 1 heterocycles. The third kappa shape index (κ3) is 4.74. The Kier molecular flexibility index (Phi) is 5.04. The highest BCUT2D eigenvalue weighted by Crippen LogP contribution is 2.06. The van der Waals surface area contributed by atoms with Crippen LogP contribution in [0, 0.1) is 5.92 Å². The molecule has 0 bridgehead atoms. The van der Waals surface area contributed by atoms with Crippen molar-refractivity contribution in [3.63, 3.8) is 0 Å². The van der Waals surface area contributed by atoms with Crippen molar-refractivity contribution >= 4 is 5.82 Å². The zero-order valence-electron chi connectivity index (χ0n) is 9.75. The van der Waals surface area contributed by atoms with Crippen LogP contribution in [0.3, 0.4) is 0 Å². The molecule has 0 unspecified atom stereocenters. The molecule has 1 aromatic heterocycles. The molecule has 0 aliphatic carbocycles. The molecule has 0 saturated heterocycles. The Labute approximate surface area is 91.5 Å². The molecule has 0 aliphatic heterocycles. The topological polar surface area (TPSA) is 49.8 Å². The molecule has 0 fully saturated rings. The summed E-state index contributed by atoms with van der Waals surface area (Å²) in [4.78, 5) is 0. The summed E-state index contributed by atoms with van der Waals surface area (Å²) in [6.45, 7) is 6.16. The molecule has 0 radical (unpaired) electrons. The number of likely N-dealkylation sites (N-methyl/N-ethyl adjacent to an activating group) is 1. The van der Waals surface area contributed by atoms with Gasteiger partial charge in [-0.05, 0) is 31.5 Å². The molecular formula is C11H20N4. The molecule has 4 heteroatoms. The number of anilines is 1. The van der Waals surface area contributed by atoms with E-state index >= 15 is 0 Å². The first-order chi connectivity index (χ1) is 7.22. The van der Waals surface area contributed by atoms with Gasteiger partial charge in [0.25, 0.3) is 0 Å². The molecule has 0 amide bonds. The summed E-state index contributed by atoms with van der Waals surface area (Å²) in [6.07, 6.45) is 0.990. The smallest absolute Gasteiger partial charge is 0.148 e. The second kappa shape index (κ2) is 6.35. The van der Waals surface area contributed by atoms with Crippen LogP contribution in [0.2, 0.25) is 0 Å². The second-order valence-corrected chi connectivity index (χ2v) is 4.04. The molecule has 0 aromatic carbocycles. The molecular weight excluding hydrogens is 188 g/mol. The van der Waals surface area contributed by atoms with Crippen LogP contribution in [0.4, 0.5) is 5.82 Å². The van der Waals surface area contributed by atoms with Crippen LogP contribution in [-0.2, 0) is 6.42 Å². The first kappa shape index (κ1) is 11.9. The van der Waals surface area contributed by atoms with Crippen LogP contribution in [-0.4, -0.2) is 30.3 Å². The highest BCUT2D eigenvalue weighted by molar-refractivity contribution is 5.32. The van der Waals surface area contributed by atoms with Crippen LogP contribution in [0.5, 0.6) is 0 Å². The second-order valence-electron chi connectivity index (χ2n) is 4.04. The summed E-state index contributed by atoms with van der Waals surface area (Å²) in [5.74, 6) is 1.47. The molecule has 1 rings (SSSR count). The van der Waals surface area contributed by atoms with E-state index < -0.39 is 0 Å². The maximum absolute atomic E-state index is 4.16. The van der Waals surface area contributed by atoms with Gasteiger partial charge in [0.05, 0.1) is 5.69 Å². The zero-order chi connectivity index (χ0) is 11.1. The van der Waals surface area contributed by atoms with Crippen molar-refractivity contribution in [2.45, 2.75) is 20.3 Å². The van der Waals surface area contributed by atoms with Crippen LogP contribution < -0.4 is 10.6 Å². The minimum absolute atomic E-state index is 0.627. The van der Waals surface area contributed by atoms with E-state index in [1.165, 1.54) is 0 Å². The molecule has 15 heavy (non-hydrogen) atoms. The SMILES string of the molecule is CNCCNc1ccc(CC(C)C)nn1. The summed E-state index contributed by atoms with van der Waals surface area (Å²) in [7, 11) is 1.93. The van der Waals surface area contributed by atoms with E-state index in [1.54, 1.807) is 0 Å². The Balaban J connectivity index is 2.42. The van der Waals surface area contributed by atoms with Gasteiger partial charge in [0.1, 0.15) is 5.82 Å². The van der Waals surface area contributed by atoms with Gasteiger partial charge in [-0.3, -0.25) is 0 Å². The summed E-state index contributed by atoms with van der Waals surface area (Å²) in [6, 6.07) is 4.02. The van der Waals surface area contributed by atoms with Gasteiger partial charge in [-0.25, -0.2) is 0 Å². The summed E-state index contributed by atoms with van der Waals surface area (Å²) < 4.78 is 0. The van der Waals surface area contributed by atoms with E-state index in [0.29, 0.717) is 5.92 Å². The van der Waals surface area contributed by atoms with Crippen molar-refractivity contribution in [1.29, 1.82) is 0 Å². The van der Waals surface area contributed by atoms with Crippen molar-refractivity contribution < 1.29 is 0 Å². The van der Waals surface area contributed by atoms with E-state index in [1.807, 2.05) is 19.2 Å². The number of nitrogens with one attached hydrogen (secondary N) is 2. The third-order valence-corrected chi connectivity index (χ3v) is 2.02. The Morgan fingerprint density at radius 3 is 2.53 bits per heavy atom. The first-order valence-electron chi connectivity index (χ1n) is 5.43. The van der Waals surface area contributed by atoms with Crippen LogP contribution in [0.1, 0.15) is 19.5 Å². The van der Waals surface area contributed by atoms with Gasteiger partial charge in [0, 0.05) is 13.1 Å².